The maximum absolute atomic E-state index is 11.1. The summed E-state index contributed by atoms with van der Waals surface area (Å²) in [6.07, 6.45) is 5.99. The van der Waals surface area contributed by atoms with Crippen molar-refractivity contribution in [3.63, 3.8) is 0 Å². The minimum Gasteiger partial charge on any atom is -0.398 e. The number of anilines is 2. The van der Waals surface area contributed by atoms with E-state index in [2.05, 4.69) is 17.2 Å². The van der Waals surface area contributed by atoms with Crippen LogP contribution in [0, 0.1) is 0 Å². The van der Waals surface area contributed by atoms with Gasteiger partial charge in [-0.2, -0.15) is 0 Å². The summed E-state index contributed by atoms with van der Waals surface area (Å²) in [5.74, 6) is 0.145. The molecule has 7 heteroatoms. The predicted molar refractivity (Wildman–Crippen MR) is 81.3 cm³/mol. The number of nitrogens with one attached hydrogen (secondary N) is 2. The van der Waals surface area contributed by atoms with Crippen molar-refractivity contribution in [2.45, 2.75) is 32.6 Å². The molecule has 0 saturated heterocycles. The molecule has 21 heavy (non-hydrogen) atoms. The molecule has 0 aliphatic carbocycles. The molecule has 7 nitrogen and oxygen atoms in total. The maximum Gasteiger partial charge on any atom is 0.262 e. The molecule has 2 aromatic heterocycles. The first-order valence-electron chi connectivity index (χ1n) is 7.09. The van der Waals surface area contributed by atoms with Gasteiger partial charge < -0.3 is 11.1 Å². The fraction of sp³-hybridized carbons (Fsp3) is 0.429. The fourth-order valence-electron chi connectivity index (χ4n) is 2.24. The number of nitrogens with zero attached hydrogens (tertiary/aromatic N) is 2. The van der Waals surface area contributed by atoms with Crippen LogP contribution in [0.3, 0.4) is 0 Å². The summed E-state index contributed by atoms with van der Waals surface area (Å²) in [6, 6.07) is 3.64. The molecular formula is C14H21N5O2. The van der Waals surface area contributed by atoms with E-state index in [-0.39, 0.29) is 6.54 Å². The van der Waals surface area contributed by atoms with Gasteiger partial charge in [-0.15, -0.1) is 0 Å². The van der Waals surface area contributed by atoms with E-state index >= 15 is 0 Å². The van der Waals surface area contributed by atoms with Crippen molar-refractivity contribution in [1.82, 2.24) is 14.9 Å². The van der Waals surface area contributed by atoms with E-state index < -0.39 is 5.91 Å². The van der Waals surface area contributed by atoms with Crippen LogP contribution in [-0.4, -0.2) is 27.0 Å². The zero-order valence-corrected chi connectivity index (χ0v) is 12.1. The summed E-state index contributed by atoms with van der Waals surface area (Å²) in [5.41, 5.74) is 9.87. The van der Waals surface area contributed by atoms with E-state index in [1.807, 2.05) is 16.7 Å². The summed E-state index contributed by atoms with van der Waals surface area (Å²) < 4.78 is 1.95. The number of unbranched alkanes of at least 4 members (excludes halogenated alkanes) is 2. The van der Waals surface area contributed by atoms with Gasteiger partial charge in [-0.1, -0.05) is 19.8 Å². The van der Waals surface area contributed by atoms with Gasteiger partial charge in [0.2, 0.25) is 0 Å². The number of hydrogen-bond acceptors (Lipinski definition) is 5. The second kappa shape index (κ2) is 6.94. The van der Waals surface area contributed by atoms with Crippen molar-refractivity contribution < 1.29 is 10.0 Å². The number of carbonyl (C=O) groups is 1. The van der Waals surface area contributed by atoms with Crippen LogP contribution in [0.25, 0.3) is 5.65 Å². The van der Waals surface area contributed by atoms with Crippen LogP contribution in [0.15, 0.2) is 18.3 Å². The molecule has 0 fully saturated rings. The molecule has 5 N–H and O–H groups in total. The van der Waals surface area contributed by atoms with Gasteiger partial charge in [-0.25, -0.2) is 10.5 Å². The molecule has 0 radical (unpaired) electrons. The number of fused-ring (bicyclic) bond motifs is 1. The first kappa shape index (κ1) is 15.1. The number of amides is 1. The third-order valence-electron chi connectivity index (χ3n) is 3.30. The standard InChI is InChI=1S/C14H21N5O2/c1-2-3-4-5-11-14(16-8-13(20)18-21)17-12-7-6-10(15)9-19(11)12/h6-7,9,16,21H,2-5,8,15H2,1H3,(H,18,20). The van der Waals surface area contributed by atoms with E-state index in [4.69, 9.17) is 10.9 Å². The van der Waals surface area contributed by atoms with E-state index in [1.165, 1.54) is 0 Å². The Labute approximate surface area is 123 Å². The molecular weight excluding hydrogens is 270 g/mol. The first-order chi connectivity index (χ1) is 10.2. The molecule has 2 aromatic rings. The Kier molecular flexibility index (Phi) is 4.99. The Balaban J connectivity index is 2.28. The Bertz CT molecular complexity index is 623. The van der Waals surface area contributed by atoms with Crippen molar-refractivity contribution in [3.05, 3.63) is 24.0 Å². The molecule has 0 spiro atoms. The topological polar surface area (TPSA) is 105 Å². The summed E-state index contributed by atoms with van der Waals surface area (Å²) in [7, 11) is 0. The average Bonchev–Trinajstić information content (AvgIpc) is 2.82. The van der Waals surface area contributed by atoms with E-state index in [0.29, 0.717) is 11.5 Å². The minimum absolute atomic E-state index is 0.0311. The van der Waals surface area contributed by atoms with Crippen molar-refractivity contribution in [1.29, 1.82) is 0 Å². The van der Waals surface area contributed by atoms with Gasteiger partial charge >= 0.3 is 0 Å². The number of imidazole rings is 1. The highest BCUT2D eigenvalue weighted by Gasteiger charge is 2.13. The Morgan fingerprint density at radius 3 is 2.95 bits per heavy atom. The molecule has 0 aliphatic rings. The largest absolute Gasteiger partial charge is 0.398 e. The van der Waals surface area contributed by atoms with Gasteiger partial charge in [0.15, 0.2) is 0 Å². The third kappa shape index (κ3) is 3.63. The van der Waals surface area contributed by atoms with Crippen LogP contribution >= 0.6 is 0 Å². The lowest BCUT2D eigenvalue weighted by atomic mass is 10.1. The van der Waals surface area contributed by atoms with Crippen molar-refractivity contribution in [2.24, 2.45) is 0 Å². The van der Waals surface area contributed by atoms with E-state index in [0.717, 1.165) is 37.0 Å². The predicted octanol–water partition coefficient (Wildman–Crippen LogP) is 1.57. The summed E-state index contributed by atoms with van der Waals surface area (Å²) >= 11 is 0. The van der Waals surface area contributed by atoms with Gasteiger partial charge in [0.25, 0.3) is 5.91 Å². The minimum atomic E-state index is -0.508. The highest BCUT2D eigenvalue weighted by atomic mass is 16.5. The number of hydrogen-bond donors (Lipinski definition) is 4. The van der Waals surface area contributed by atoms with Crippen LogP contribution < -0.4 is 16.5 Å². The molecule has 0 saturated carbocycles. The molecule has 1 amide bonds. The highest BCUT2D eigenvalue weighted by Crippen LogP contribution is 2.21. The van der Waals surface area contributed by atoms with Crippen molar-refractivity contribution in [3.8, 4) is 0 Å². The molecule has 0 aromatic carbocycles. The third-order valence-corrected chi connectivity index (χ3v) is 3.30. The van der Waals surface area contributed by atoms with Crippen LogP contribution in [-0.2, 0) is 11.2 Å². The van der Waals surface area contributed by atoms with Crippen molar-refractivity contribution >= 4 is 23.1 Å². The van der Waals surface area contributed by atoms with Gasteiger partial charge in [-0.3, -0.25) is 14.4 Å². The molecule has 2 heterocycles. The number of aromatic nitrogens is 2. The molecule has 0 unspecified atom stereocenters. The lowest BCUT2D eigenvalue weighted by molar-refractivity contribution is -0.127. The number of nitrogen functional groups attached to an aromatic ring is 1. The smallest absolute Gasteiger partial charge is 0.262 e. The molecule has 0 atom stereocenters. The number of hydroxylamine groups is 1. The Morgan fingerprint density at radius 2 is 2.24 bits per heavy atom. The average molecular weight is 291 g/mol. The second-order valence-corrected chi connectivity index (χ2v) is 4.94. The Hall–Kier alpha value is -2.28. The molecule has 0 bridgehead atoms. The first-order valence-corrected chi connectivity index (χ1v) is 7.09. The van der Waals surface area contributed by atoms with Gasteiger partial charge in [-0.05, 0) is 25.0 Å². The number of pyridine rings is 1. The summed E-state index contributed by atoms with van der Waals surface area (Å²) in [5, 5.41) is 11.5. The number of carbonyl (C=O) groups excluding carboxylic acids is 1. The zero-order chi connectivity index (χ0) is 15.2. The SMILES string of the molecule is CCCCCc1c(NCC(=O)NO)nc2ccc(N)cn12. The van der Waals surface area contributed by atoms with Crippen LogP contribution in [0.2, 0.25) is 0 Å². The zero-order valence-electron chi connectivity index (χ0n) is 12.1. The Morgan fingerprint density at radius 1 is 1.43 bits per heavy atom. The fourth-order valence-corrected chi connectivity index (χ4v) is 2.24. The van der Waals surface area contributed by atoms with E-state index in [9.17, 15) is 4.79 Å². The lowest BCUT2D eigenvalue weighted by Crippen LogP contribution is -2.27. The van der Waals surface area contributed by atoms with Gasteiger partial charge in [0.1, 0.15) is 11.5 Å². The summed E-state index contributed by atoms with van der Waals surface area (Å²) in [4.78, 5) is 15.6. The monoisotopic (exact) mass is 291 g/mol. The second-order valence-electron chi connectivity index (χ2n) is 4.94. The maximum atomic E-state index is 11.1. The molecule has 114 valence electrons. The van der Waals surface area contributed by atoms with Gasteiger partial charge in [0.05, 0.1) is 12.2 Å². The number of aryl methyl sites for hydroxylation is 1. The number of nitrogens with two attached hydrogens (primary N) is 1. The van der Waals surface area contributed by atoms with Crippen LogP contribution in [0.1, 0.15) is 31.9 Å². The van der Waals surface area contributed by atoms with E-state index in [1.54, 1.807) is 11.5 Å². The highest BCUT2D eigenvalue weighted by molar-refractivity contribution is 5.79. The number of rotatable bonds is 7. The van der Waals surface area contributed by atoms with Crippen molar-refractivity contribution in [2.75, 3.05) is 17.6 Å². The van der Waals surface area contributed by atoms with Crippen LogP contribution in [0.5, 0.6) is 0 Å². The normalized spacial score (nSPS) is 10.8. The summed E-state index contributed by atoms with van der Waals surface area (Å²) in [6.45, 7) is 2.12. The molecule has 2 rings (SSSR count). The van der Waals surface area contributed by atoms with Crippen LogP contribution in [0.4, 0.5) is 11.5 Å². The molecule has 0 aliphatic heterocycles. The van der Waals surface area contributed by atoms with Gasteiger partial charge in [0, 0.05) is 11.9 Å². The lowest BCUT2D eigenvalue weighted by Gasteiger charge is -2.07. The quantitative estimate of drug-likeness (QED) is 0.352.